The number of hydrogen-bond donors (Lipinski definition) is 2. The van der Waals surface area contributed by atoms with E-state index in [2.05, 4.69) is 4.90 Å². The summed E-state index contributed by atoms with van der Waals surface area (Å²) in [6.07, 6.45) is 1.88. The van der Waals surface area contributed by atoms with Gasteiger partial charge in [0.05, 0.1) is 32.5 Å². The number of hydrogen-bond acceptors (Lipinski definition) is 7. The Kier molecular flexibility index (Phi) is 5.88. The molecule has 1 fully saturated rings. The fraction of sp³-hybridized carbons (Fsp3) is 0.520. The molecule has 7 heteroatoms. The highest BCUT2D eigenvalue weighted by atomic mass is 16.5. The zero-order valence-electron chi connectivity index (χ0n) is 18.5. The molecule has 2 N–H and O–H groups in total. The van der Waals surface area contributed by atoms with Gasteiger partial charge in [0.15, 0.2) is 11.5 Å². The number of aliphatic hydroxyl groups excluding tert-OH is 2. The smallest absolute Gasteiger partial charge is 0.161 e. The van der Waals surface area contributed by atoms with Gasteiger partial charge in [0.1, 0.15) is 17.1 Å². The van der Waals surface area contributed by atoms with Crippen LogP contribution in [-0.2, 0) is 0 Å². The molecule has 32 heavy (non-hydrogen) atoms. The number of β-amino-alcohol motifs (C(OH)–C–C–N with tert-alkyl or cyclic N) is 1. The van der Waals surface area contributed by atoms with Gasteiger partial charge in [-0.25, -0.2) is 0 Å². The van der Waals surface area contributed by atoms with E-state index in [-0.39, 0.29) is 5.60 Å². The van der Waals surface area contributed by atoms with Gasteiger partial charge in [-0.15, -0.1) is 0 Å². The first-order valence-electron chi connectivity index (χ1n) is 11.4. The Balaban J connectivity index is 1.21. The predicted molar refractivity (Wildman–Crippen MR) is 119 cm³/mol. The SMILES string of the molecule is COc1ccc2c(c1)[C@@H](O)CC1(CCN(C[C@@H](O)c3ccc4c(c3)OCCCO4)CC1)O2. The molecule has 2 atom stereocenters. The molecule has 172 valence electrons. The first kappa shape index (κ1) is 21.4. The Morgan fingerprint density at radius 2 is 1.81 bits per heavy atom. The van der Waals surface area contributed by atoms with Crippen LogP contribution in [0.3, 0.4) is 0 Å². The maximum atomic E-state index is 10.8. The molecule has 5 rings (SSSR count). The summed E-state index contributed by atoms with van der Waals surface area (Å²) < 4.78 is 23.1. The highest BCUT2D eigenvalue weighted by molar-refractivity contribution is 5.45. The second kappa shape index (κ2) is 8.81. The number of aliphatic hydroxyl groups is 2. The van der Waals surface area contributed by atoms with Gasteiger partial charge in [0, 0.05) is 38.0 Å². The Morgan fingerprint density at radius 1 is 1.06 bits per heavy atom. The fourth-order valence-corrected chi connectivity index (χ4v) is 4.93. The number of nitrogens with zero attached hydrogens (tertiary/aromatic N) is 1. The normalized spacial score (nSPS) is 23.0. The third-order valence-electron chi connectivity index (χ3n) is 6.82. The number of benzene rings is 2. The molecule has 7 nitrogen and oxygen atoms in total. The van der Waals surface area contributed by atoms with Gasteiger partial charge >= 0.3 is 0 Å². The molecule has 2 aromatic carbocycles. The van der Waals surface area contributed by atoms with Crippen LogP contribution in [0.25, 0.3) is 0 Å². The van der Waals surface area contributed by atoms with Crippen LogP contribution >= 0.6 is 0 Å². The van der Waals surface area contributed by atoms with Gasteiger partial charge in [-0.1, -0.05) is 6.07 Å². The maximum absolute atomic E-state index is 10.8. The molecule has 2 aromatic rings. The van der Waals surface area contributed by atoms with Crippen LogP contribution in [0.1, 0.15) is 49.0 Å². The van der Waals surface area contributed by atoms with E-state index in [9.17, 15) is 10.2 Å². The molecule has 0 aliphatic carbocycles. The minimum Gasteiger partial charge on any atom is -0.497 e. The Labute approximate surface area is 188 Å². The quantitative estimate of drug-likeness (QED) is 0.754. The summed E-state index contributed by atoms with van der Waals surface area (Å²) in [5.74, 6) is 2.91. The lowest BCUT2D eigenvalue weighted by Crippen LogP contribution is -2.51. The third-order valence-corrected chi connectivity index (χ3v) is 6.82. The predicted octanol–water partition coefficient (Wildman–Crippen LogP) is 3.24. The van der Waals surface area contributed by atoms with E-state index in [1.807, 2.05) is 36.4 Å². The van der Waals surface area contributed by atoms with Gasteiger partial charge < -0.3 is 34.1 Å². The van der Waals surface area contributed by atoms with Gasteiger partial charge in [0.25, 0.3) is 0 Å². The Morgan fingerprint density at radius 3 is 2.59 bits per heavy atom. The second-order valence-corrected chi connectivity index (χ2v) is 8.98. The molecular weight excluding hydrogens is 410 g/mol. The van der Waals surface area contributed by atoms with Gasteiger partial charge in [-0.2, -0.15) is 0 Å². The molecule has 0 bridgehead atoms. The number of rotatable bonds is 4. The molecule has 3 aliphatic heterocycles. The topological polar surface area (TPSA) is 80.6 Å². The van der Waals surface area contributed by atoms with Gasteiger partial charge in [0.2, 0.25) is 0 Å². The van der Waals surface area contributed by atoms with Crippen molar-refractivity contribution in [1.29, 1.82) is 0 Å². The van der Waals surface area contributed by atoms with Crippen molar-refractivity contribution < 1.29 is 29.2 Å². The molecule has 0 amide bonds. The van der Waals surface area contributed by atoms with Crippen molar-refractivity contribution in [3.63, 3.8) is 0 Å². The average Bonchev–Trinajstić information content (AvgIpc) is 3.05. The zero-order valence-corrected chi connectivity index (χ0v) is 18.5. The van der Waals surface area contributed by atoms with E-state index < -0.39 is 12.2 Å². The number of ether oxygens (including phenoxy) is 4. The second-order valence-electron chi connectivity index (χ2n) is 8.98. The zero-order chi connectivity index (χ0) is 22.1. The van der Waals surface area contributed by atoms with Crippen molar-refractivity contribution >= 4 is 0 Å². The van der Waals surface area contributed by atoms with Crippen molar-refractivity contribution in [2.24, 2.45) is 0 Å². The third kappa shape index (κ3) is 4.25. The summed E-state index contributed by atoms with van der Waals surface area (Å²) in [5, 5.41) is 21.6. The lowest BCUT2D eigenvalue weighted by Gasteiger charge is -2.46. The lowest BCUT2D eigenvalue weighted by molar-refractivity contribution is -0.0588. The molecule has 1 spiro atoms. The minimum atomic E-state index is -0.604. The summed E-state index contributed by atoms with van der Waals surface area (Å²) in [7, 11) is 1.62. The van der Waals surface area contributed by atoms with Gasteiger partial charge in [-0.05, 0) is 48.7 Å². The van der Waals surface area contributed by atoms with Crippen LogP contribution in [0, 0.1) is 0 Å². The molecule has 3 heterocycles. The minimum absolute atomic E-state index is 0.363. The molecule has 0 aromatic heterocycles. The lowest BCUT2D eigenvalue weighted by atomic mass is 9.81. The van der Waals surface area contributed by atoms with E-state index in [1.54, 1.807) is 7.11 Å². The van der Waals surface area contributed by atoms with Crippen molar-refractivity contribution in [2.45, 2.75) is 43.5 Å². The first-order valence-corrected chi connectivity index (χ1v) is 11.4. The van der Waals surface area contributed by atoms with Crippen molar-refractivity contribution in [2.75, 3.05) is 40.0 Å². The van der Waals surface area contributed by atoms with Crippen molar-refractivity contribution in [1.82, 2.24) is 4.90 Å². The standard InChI is InChI=1S/C25H31NO6/c1-29-18-4-6-22-19(14-18)20(27)15-25(32-22)7-9-26(10-8-25)16-21(28)17-3-5-23-24(13-17)31-12-2-11-30-23/h3-6,13-14,20-21,27-28H,2,7-12,15-16H2,1H3/t20-,21+/m0/s1. The number of piperidine rings is 1. The number of fused-ring (bicyclic) bond motifs is 2. The number of methoxy groups -OCH3 is 1. The van der Waals surface area contributed by atoms with Crippen LogP contribution in [0.4, 0.5) is 0 Å². The highest BCUT2D eigenvalue weighted by Crippen LogP contribution is 2.45. The van der Waals surface area contributed by atoms with Crippen LogP contribution in [0.5, 0.6) is 23.0 Å². The van der Waals surface area contributed by atoms with Crippen molar-refractivity contribution in [3.8, 4) is 23.0 Å². The Hall–Kier alpha value is -2.48. The largest absolute Gasteiger partial charge is 0.497 e. The van der Waals surface area contributed by atoms with Gasteiger partial charge in [-0.3, -0.25) is 0 Å². The summed E-state index contributed by atoms with van der Waals surface area (Å²) >= 11 is 0. The van der Waals surface area contributed by atoms with Crippen LogP contribution in [-0.4, -0.2) is 60.7 Å². The summed E-state index contributed by atoms with van der Waals surface area (Å²) in [6.45, 7) is 3.44. The molecular formula is C25H31NO6. The van der Waals surface area contributed by atoms with E-state index >= 15 is 0 Å². The average molecular weight is 442 g/mol. The fourth-order valence-electron chi connectivity index (χ4n) is 4.93. The van der Waals surface area contributed by atoms with E-state index in [0.717, 1.165) is 60.7 Å². The highest BCUT2D eigenvalue weighted by Gasteiger charge is 2.43. The number of likely N-dealkylation sites (tertiary alicyclic amines) is 1. The molecule has 3 aliphatic rings. The monoisotopic (exact) mass is 441 g/mol. The molecule has 1 saturated heterocycles. The maximum Gasteiger partial charge on any atom is 0.161 e. The summed E-state index contributed by atoms with van der Waals surface area (Å²) in [4.78, 5) is 2.26. The van der Waals surface area contributed by atoms with E-state index in [1.165, 1.54) is 0 Å². The first-order chi connectivity index (χ1) is 15.5. The Bertz CT molecular complexity index is 955. The van der Waals surface area contributed by atoms with E-state index in [4.69, 9.17) is 18.9 Å². The van der Waals surface area contributed by atoms with Crippen LogP contribution in [0.2, 0.25) is 0 Å². The van der Waals surface area contributed by atoms with Crippen LogP contribution in [0.15, 0.2) is 36.4 Å². The van der Waals surface area contributed by atoms with E-state index in [0.29, 0.717) is 31.9 Å². The van der Waals surface area contributed by atoms with Crippen molar-refractivity contribution in [3.05, 3.63) is 47.5 Å². The summed E-state index contributed by atoms with van der Waals surface area (Å²) in [6, 6.07) is 11.3. The molecule has 0 saturated carbocycles. The van der Waals surface area contributed by atoms with Crippen LogP contribution < -0.4 is 18.9 Å². The molecule has 0 unspecified atom stereocenters. The molecule has 0 radical (unpaired) electrons. The summed E-state index contributed by atoms with van der Waals surface area (Å²) in [5.41, 5.74) is 1.27.